The lowest BCUT2D eigenvalue weighted by Gasteiger charge is -2.27. The van der Waals surface area contributed by atoms with Gasteiger partial charge in [0.1, 0.15) is 0 Å². The van der Waals surface area contributed by atoms with Gasteiger partial charge in [-0.1, -0.05) is 48.5 Å². The molecule has 3 heterocycles. The van der Waals surface area contributed by atoms with Crippen molar-refractivity contribution in [3.05, 3.63) is 83.8 Å². The maximum atomic E-state index is 4.86. The molecule has 0 unspecified atom stereocenters. The summed E-state index contributed by atoms with van der Waals surface area (Å²) in [4.78, 5) is 15.3. The van der Waals surface area contributed by atoms with E-state index in [1.807, 2.05) is 24.4 Å². The highest BCUT2D eigenvalue weighted by atomic mass is 15.1. The third kappa shape index (κ3) is 2.78. The number of fused-ring (bicyclic) bond motifs is 2. The number of H-pyrrole nitrogens is 1. The van der Waals surface area contributed by atoms with Crippen molar-refractivity contribution < 1.29 is 0 Å². The van der Waals surface area contributed by atoms with Gasteiger partial charge in [-0.05, 0) is 23.6 Å². The number of hydrogen-bond donors (Lipinski definition) is 1. The number of aromatic nitrogens is 3. The van der Waals surface area contributed by atoms with Crippen LogP contribution in [0.4, 0.5) is 0 Å². The molecule has 0 fully saturated rings. The van der Waals surface area contributed by atoms with E-state index < -0.39 is 0 Å². The second kappa shape index (κ2) is 6.39. The summed E-state index contributed by atoms with van der Waals surface area (Å²) in [5.74, 6) is 0.818. The molecule has 0 spiro atoms. The molecule has 0 bridgehead atoms. The van der Waals surface area contributed by atoms with Gasteiger partial charge in [0, 0.05) is 48.5 Å². The fourth-order valence-electron chi connectivity index (χ4n) is 3.72. The van der Waals surface area contributed by atoms with Crippen molar-refractivity contribution in [2.24, 2.45) is 0 Å². The Morgan fingerprint density at radius 3 is 2.77 bits per heavy atom. The molecule has 2 aromatic heterocycles. The smallest absolute Gasteiger partial charge is 0.159 e. The van der Waals surface area contributed by atoms with E-state index in [1.165, 1.54) is 22.0 Å². The molecule has 128 valence electrons. The number of aromatic amines is 1. The van der Waals surface area contributed by atoms with Crippen molar-refractivity contribution in [3.63, 3.8) is 0 Å². The van der Waals surface area contributed by atoms with Gasteiger partial charge >= 0.3 is 0 Å². The van der Waals surface area contributed by atoms with Crippen LogP contribution in [0.3, 0.4) is 0 Å². The monoisotopic (exact) mass is 340 g/mol. The van der Waals surface area contributed by atoms with E-state index in [0.717, 1.165) is 43.1 Å². The minimum atomic E-state index is 0.818. The normalized spacial score (nSPS) is 14.5. The molecule has 0 saturated heterocycles. The average Bonchev–Trinajstić information content (AvgIpc) is 3.11. The summed E-state index contributed by atoms with van der Waals surface area (Å²) in [6, 6.07) is 18.7. The van der Waals surface area contributed by atoms with Crippen LogP contribution in [0.1, 0.15) is 16.8 Å². The third-order valence-electron chi connectivity index (χ3n) is 5.13. The Balaban J connectivity index is 1.40. The molecular weight excluding hydrogens is 320 g/mol. The first kappa shape index (κ1) is 15.3. The summed E-state index contributed by atoms with van der Waals surface area (Å²) in [5.41, 5.74) is 6.06. The van der Waals surface area contributed by atoms with Gasteiger partial charge < -0.3 is 4.98 Å². The van der Waals surface area contributed by atoms with Gasteiger partial charge in [-0.25, -0.2) is 9.97 Å². The Hall–Kier alpha value is -2.98. The second-order valence-corrected chi connectivity index (χ2v) is 6.85. The van der Waals surface area contributed by atoms with Crippen molar-refractivity contribution >= 4 is 10.9 Å². The van der Waals surface area contributed by atoms with Crippen molar-refractivity contribution in [3.8, 4) is 11.4 Å². The van der Waals surface area contributed by atoms with Crippen molar-refractivity contribution in [2.45, 2.75) is 19.5 Å². The lowest BCUT2D eigenvalue weighted by molar-refractivity contribution is 0.242. The van der Waals surface area contributed by atoms with Gasteiger partial charge in [-0.2, -0.15) is 0 Å². The van der Waals surface area contributed by atoms with Crippen molar-refractivity contribution in [1.82, 2.24) is 19.9 Å². The Kier molecular flexibility index (Phi) is 3.76. The minimum absolute atomic E-state index is 0.818. The van der Waals surface area contributed by atoms with Crippen LogP contribution in [-0.2, 0) is 19.5 Å². The first-order valence-electron chi connectivity index (χ1n) is 9.04. The summed E-state index contributed by atoms with van der Waals surface area (Å²) >= 11 is 0. The lowest BCUT2D eigenvalue weighted by Crippen LogP contribution is -2.31. The van der Waals surface area contributed by atoms with Crippen LogP contribution in [0.2, 0.25) is 0 Å². The van der Waals surface area contributed by atoms with Gasteiger partial charge in [-0.15, -0.1) is 0 Å². The fourth-order valence-corrected chi connectivity index (χ4v) is 3.72. The van der Waals surface area contributed by atoms with E-state index in [0.29, 0.717) is 0 Å². The van der Waals surface area contributed by atoms with Crippen LogP contribution in [-0.4, -0.2) is 26.4 Å². The summed E-state index contributed by atoms with van der Waals surface area (Å²) < 4.78 is 0. The number of para-hydroxylation sites is 1. The standard InChI is InChI=1S/C22H20N4/c1-2-6-16(7-3-1)22-24-12-17-10-11-26(15-21(17)25-22)14-18-13-23-20-9-5-4-8-19(18)20/h1-9,12-13,23H,10-11,14-15H2. The molecule has 4 aromatic rings. The number of nitrogens with zero attached hydrogens (tertiary/aromatic N) is 3. The van der Waals surface area contributed by atoms with E-state index >= 15 is 0 Å². The van der Waals surface area contributed by atoms with E-state index in [2.05, 4.69) is 57.5 Å². The summed E-state index contributed by atoms with van der Waals surface area (Å²) in [7, 11) is 0. The maximum Gasteiger partial charge on any atom is 0.159 e. The van der Waals surface area contributed by atoms with Crippen LogP contribution in [0, 0.1) is 0 Å². The molecule has 1 aliphatic heterocycles. The van der Waals surface area contributed by atoms with Crippen LogP contribution in [0.5, 0.6) is 0 Å². The van der Waals surface area contributed by atoms with Gasteiger partial charge in [-0.3, -0.25) is 4.90 Å². The first-order valence-corrected chi connectivity index (χ1v) is 9.04. The van der Waals surface area contributed by atoms with Crippen molar-refractivity contribution in [2.75, 3.05) is 6.54 Å². The van der Waals surface area contributed by atoms with Crippen LogP contribution < -0.4 is 0 Å². The van der Waals surface area contributed by atoms with Crippen molar-refractivity contribution in [1.29, 1.82) is 0 Å². The SMILES string of the molecule is c1ccc(-c2ncc3c(n2)CN(Cc2c[nH]c4ccccc24)CC3)cc1. The molecule has 1 aliphatic rings. The van der Waals surface area contributed by atoms with Crippen LogP contribution in [0.15, 0.2) is 67.0 Å². The third-order valence-corrected chi connectivity index (χ3v) is 5.13. The molecule has 0 aliphatic carbocycles. The molecule has 1 N–H and O–H groups in total. The molecule has 26 heavy (non-hydrogen) atoms. The predicted octanol–water partition coefficient (Wildman–Crippen LogP) is 4.18. The van der Waals surface area contributed by atoms with Gasteiger partial charge in [0.15, 0.2) is 5.82 Å². The zero-order valence-corrected chi connectivity index (χ0v) is 14.5. The number of rotatable bonds is 3. The Labute approximate surface area is 152 Å². The molecule has 4 heteroatoms. The Morgan fingerprint density at radius 1 is 1.00 bits per heavy atom. The number of hydrogen-bond acceptors (Lipinski definition) is 3. The van der Waals surface area contributed by atoms with Crippen LogP contribution in [0.25, 0.3) is 22.3 Å². The zero-order valence-electron chi connectivity index (χ0n) is 14.5. The molecule has 2 aromatic carbocycles. The van der Waals surface area contributed by atoms with E-state index in [-0.39, 0.29) is 0 Å². The Morgan fingerprint density at radius 2 is 1.85 bits per heavy atom. The largest absolute Gasteiger partial charge is 0.361 e. The van der Waals surface area contributed by atoms with Gasteiger partial charge in [0.05, 0.1) is 5.69 Å². The van der Waals surface area contributed by atoms with E-state index in [1.54, 1.807) is 0 Å². The molecule has 5 rings (SSSR count). The molecule has 0 radical (unpaired) electrons. The lowest BCUT2D eigenvalue weighted by atomic mass is 10.1. The highest BCUT2D eigenvalue weighted by Crippen LogP contribution is 2.24. The second-order valence-electron chi connectivity index (χ2n) is 6.85. The first-order chi connectivity index (χ1) is 12.9. The summed E-state index contributed by atoms with van der Waals surface area (Å²) in [6.07, 6.45) is 5.15. The quantitative estimate of drug-likeness (QED) is 0.608. The number of benzene rings is 2. The summed E-state index contributed by atoms with van der Waals surface area (Å²) in [6.45, 7) is 2.85. The molecule has 0 atom stereocenters. The zero-order chi connectivity index (χ0) is 17.3. The minimum Gasteiger partial charge on any atom is -0.361 e. The van der Waals surface area contributed by atoms with E-state index in [9.17, 15) is 0 Å². The van der Waals surface area contributed by atoms with Crippen LogP contribution >= 0.6 is 0 Å². The Bertz CT molecular complexity index is 1050. The highest BCUT2D eigenvalue weighted by molar-refractivity contribution is 5.82. The summed E-state index contributed by atoms with van der Waals surface area (Å²) in [5, 5.41) is 1.31. The van der Waals surface area contributed by atoms with E-state index in [4.69, 9.17) is 4.98 Å². The van der Waals surface area contributed by atoms with Gasteiger partial charge in [0.25, 0.3) is 0 Å². The molecular formula is C22H20N4. The molecule has 0 saturated carbocycles. The predicted molar refractivity (Wildman–Crippen MR) is 104 cm³/mol. The maximum absolute atomic E-state index is 4.86. The molecule has 4 nitrogen and oxygen atoms in total. The fraction of sp³-hybridized carbons (Fsp3) is 0.182. The van der Waals surface area contributed by atoms with Gasteiger partial charge in [0.2, 0.25) is 0 Å². The average molecular weight is 340 g/mol. The topological polar surface area (TPSA) is 44.8 Å². The highest BCUT2D eigenvalue weighted by Gasteiger charge is 2.20. The molecule has 0 amide bonds. The number of nitrogens with one attached hydrogen (secondary N) is 1.